The number of carbonyl (C=O) groups excluding carboxylic acids is 2. The van der Waals surface area contributed by atoms with Crippen LogP contribution in [0.25, 0.3) is 0 Å². The van der Waals surface area contributed by atoms with Crippen LogP contribution in [0.2, 0.25) is 10.0 Å². The standard InChI is InChI=1S/C23H20Cl2N2O5S/c1-3-32-23(29)16-9-11-20(18(25)12-16)26-22(28)15-8-10-17(24)21(13-15)33(30,31)27-19-7-5-4-6-14(19)2/h4-13,27H,3H2,1-2H3,(H,26,28). The first-order chi connectivity index (χ1) is 15.6. The summed E-state index contributed by atoms with van der Waals surface area (Å²) >= 11 is 12.3. The molecule has 3 rings (SSSR count). The molecule has 172 valence electrons. The van der Waals surface area contributed by atoms with Crippen LogP contribution >= 0.6 is 23.2 Å². The molecule has 0 aliphatic heterocycles. The highest BCUT2D eigenvalue weighted by atomic mass is 35.5. The summed E-state index contributed by atoms with van der Waals surface area (Å²) in [7, 11) is -4.06. The second-order valence-corrected chi connectivity index (χ2v) is 9.40. The molecule has 3 aromatic carbocycles. The number of benzene rings is 3. The lowest BCUT2D eigenvalue weighted by molar-refractivity contribution is 0.0526. The maximum absolute atomic E-state index is 12.9. The van der Waals surface area contributed by atoms with Crippen molar-refractivity contribution in [3.63, 3.8) is 0 Å². The molecular weight excluding hydrogens is 487 g/mol. The summed E-state index contributed by atoms with van der Waals surface area (Å²) in [6.45, 7) is 3.67. The van der Waals surface area contributed by atoms with E-state index in [1.54, 1.807) is 38.1 Å². The molecule has 0 unspecified atom stereocenters. The Kier molecular flexibility index (Phi) is 7.63. The molecule has 0 radical (unpaired) electrons. The predicted octanol–water partition coefficient (Wildman–Crippen LogP) is 5.53. The van der Waals surface area contributed by atoms with Crippen molar-refractivity contribution >= 4 is 56.5 Å². The van der Waals surface area contributed by atoms with Gasteiger partial charge in [-0.1, -0.05) is 41.4 Å². The Morgan fingerprint density at radius 2 is 1.61 bits per heavy atom. The van der Waals surface area contributed by atoms with E-state index in [0.717, 1.165) is 5.56 Å². The molecule has 0 aromatic heterocycles. The van der Waals surface area contributed by atoms with E-state index in [-0.39, 0.29) is 38.4 Å². The minimum Gasteiger partial charge on any atom is -0.462 e. The summed E-state index contributed by atoms with van der Waals surface area (Å²) in [6, 6.07) is 15.1. The zero-order valence-corrected chi connectivity index (χ0v) is 20.0. The van der Waals surface area contributed by atoms with E-state index < -0.39 is 21.9 Å². The smallest absolute Gasteiger partial charge is 0.338 e. The summed E-state index contributed by atoms with van der Waals surface area (Å²) < 4.78 is 33.3. The van der Waals surface area contributed by atoms with Crippen LogP contribution in [0.15, 0.2) is 65.6 Å². The number of carbonyl (C=O) groups is 2. The molecular formula is C23H20Cl2N2O5S. The Morgan fingerprint density at radius 3 is 2.27 bits per heavy atom. The third-order valence-corrected chi connectivity index (χ3v) is 6.76. The number of ether oxygens (including phenoxy) is 1. The highest BCUT2D eigenvalue weighted by Gasteiger charge is 2.21. The van der Waals surface area contributed by atoms with Crippen LogP contribution < -0.4 is 10.0 Å². The molecule has 0 aliphatic rings. The first kappa shape index (κ1) is 24.6. The maximum Gasteiger partial charge on any atom is 0.338 e. The molecule has 3 aromatic rings. The van der Waals surface area contributed by atoms with Crippen LogP contribution in [-0.2, 0) is 14.8 Å². The Hall–Kier alpha value is -3.07. The van der Waals surface area contributed by atoms with Gasteiger partial charge in [0.15, 0.2) is 0 Å². The largest absolute Gasteiger partial charge is 0.462 e. The number of anilines is 2. The second-order valence-electron chi connectivity index (χ2n) is 6.93. The van der Waals surface area contributed by atoms with Crippen molar-refractivity contribution in [3.05, 3.63) is 87.4 Å². The number of sulfonamides is 1. The second kappa shape index (κ2) is 10.2. The number of hydrogen-bond donors (Lipinski definition) is 2. The quantitative estimate of drug-likeness (QED) is 0.410. The molecule has 0 fully saturated rings. The topological polar surface area (TPSA) is 102 Å². The zero-order chi connectivity index (χ0) is 24.2. The fourth-order valence-electron chi connectivity index (χ4n) is 2.89. The summed E-state index contributed by atoms with van der Waals surface area (Å²) in [5.74, 6) is -1.14. The normalized spacial score (nSPS) is 11.0. The number of aryl methyl sites for hydroxylation is 1. The molecule has 0 saturated carbocycles. The van der Waals surface area contributed by atoms with Crippen molar-refractivity contribution in [2.45, 2.75) is 18.7 Å². The Balaban J connectivity index is 1.85. The highest BCUT2D eigenvalue weighted by molar-refractivity contribution is 7.92. The monoisotopic (exact) mass is 506 g/mol. The number of para-hydroxylation sites is 1. The van der Waals surface area contributed by atoms with Gasteiger partial charge in [0.05, 0.1) is 33.6 Å². The lowest BCUT2D eigenvalue weighted by atomic mass is 10.2. The van der Waals surface area contributed by atoms with Crippen molar-refractivity contribution in [1.82, 2.24) is 0 Å². The minimum absolute atomic E-state index is 0.0375. The number of esters is 1. The zero-order valence-electron chi connectivity index (χ0n) is 17.7. The van der Waals surface area contributed by atoms with Crippen LogP contribution in [0.3, 0.4) is 0 Å². The SMILES string of the molecule is CCOC(=O)c1ccc(NC(=O)c2ccc(Cl)c(S(=O)(=O)Nc3ccccc3C)c2)c(Cl)c1. The van der Waals surface area contributed by atoms with E-state index in [0.29, 0.717) is 5.69 Å². The van der Waals surface area contributed by atoms with Crippen LogP contribution in [-0.4, -0.2) is 26.9 Å². The molecule has 0 bridgehead atoms. The van der Waals surface area contributed by atoms with Crippen molar-refractivity contribution < 1.29 is 22.7 Å². The van der Waals surface area contributed by atoms with Gasteiger partial charge in [-0.3, -0.25) is 9.52 Å². The summed E-state index contributed by atoms with van der Waals surface area (Å²) in [6.07, 6.45) is 0. The van der Waals surface area contributed by atoms with E-state index >= 15 is 0 Å². The summed E-state index contributed by atoms with van der Waals surface area (Å²) in [4.78, 5) is 24.3. The number of hydrogen-bond acceptors (Lipinski definition) is 5. The Labute approximate surface area is 201 Å². The van der Waals surface area contributed by atoms with Gasteiger partial charge in [0.1, 0.15) is 4.90 Å². The van der Waals surface area contributed by atoms with Crippen LogP contribution in [0, 0.1) is 6.92 Å². The Morgan fingerprint density at radius 1 is 0.909 bits per heavy atom. The van der Waals surface area contributed by atoms with Crippen LogP contribution in [0.5, 0.6) is 0 Å². The van der Waals surface area contributed by atoms with Crippen LogP contribution in [0.1, 0.15) is 33.2 Å². The molecule has 0 atom stereocenters. The van der Waals surface area contributed by atoms with Gasteiger partial charge in [-0.25, -0.2) is 13.2 Å². The van der Waals surface area contributed by atoms with Crippen molar-refractivity contribution in [1.29, 1.82) is 0 Å². The molecule has 33 heavy (non-hydrogen) atoms. The molecule has 7 nitrogen and oxygen atoms in total. The Bertz CT molecular complexity index is 1330. The molecule has 0 spiro atoms. The van der Waals surface area contributed by atoms with Gasteiger partial charge in [0, 0.05) is 5.56 Å². The van der Waals surface area contributed by atoms with Gasteiger partial charge < -0.3 is 10.1 Å². The lowest BCUT2D eigenvalue weighted by Crippen LogP contribution is -2.17. The van der Waals surface area contributed by atoms with E-state index in [1.165, 1.54) is 36.4 Å². The third-order valence-electron chi connectivity index (χ3n) is 4.60. The van der Waals surface area contributed by atoms with Gasteiger partial charge in [0.25, 0.3) is 15.9 Å². The highest BCUT2D eigenvalue weighted by Crippen LogP contribution is 2.28. The fourth-order valence-corrected chi connectivity index (χ4v) is 4.78. The van der Waals surface area contributed by atoms with Crippen LogP contribution in [0.4, 0.5) is 11.4 Å². The first-order valence-corrected chi connectivity index (χ1v) is 12.0. The average molecular weight is 507 g/mol. The van der Waals surface area contributed by atoms with Crippen molar-refractivity contribution in [2.24, 2.45) is 0 Å². The maximum atomic E-state index is 12.9. The number of nitrogens with one attached hydrogen (secondary N) is 2. The molecule has 1 amide bonds. The molecule has 0 saturated heterocycles. The summed E-state index contributed by atoms with van der Waals surface area (Å²) in [5.41, 5.74) is 1.66. The molecule has 0 heterocycles. The van der Waals surface area contributed by atoms with Gasteiger partial charge in [-0.05, 0) is 61.9 Å². The van der Waals surface area contributed by atoms with Gasteiger partial charge in [-0.2, -0.15) is 0 Å². The fraction of sp³-hybridized carbons (Fsp3) is 0.130. The average Bonchev–Trinajstić information content (AvgIpc) is 2.77. The van der Waals surface area contributed by atoms with Gasteiger partial charge >= 0.3 is 5.97 Å². The first-order valence-electron chi connectivity index (χ1n) is 9.78. The number of rotatable bonds is 7. The summed E-state index contributed by atoms with van der Waals surface area (Å²) in [5, 5.41) is 2.68. The number of amides is 1. The predicted molar refractivity (Wildman–Crippen MR) is 129 cm³/mol. The van der Waals surface area contributed by atoms with Gasteiger partial charge in [-0.15, -0.1) is 0 Å². The van der Waals surface area contributed by atoms with Gasteiger partial charge in [0.2, 0.25) is 0 Å². The minimum atomic E-state index is -4.06. The molecule has 2 N–H and O–H groups in total. The lowest BCUT2D eigenvalue weighted by Gasteiger charge is -2.13. The van der Waals surface area contributed by atoms with Crippen molar-refractivity contribution in [3.8, 4) is 0 Å². The van der Waals surface area contributed by atoms with E-state index in [2.05, 4.69) is 10.0 Å². The number of halogens is 2. The van der Waals surface area contributed by atoms with E-state index in [1.807, 2.05) is 0 Å². The molecule has 10 heteroatoms. The third kappa shape index (κ3) is 5.84. The van der Waals surface area contributed by atoms with E-state index in [9.17, 15) is 18.0 Å². The van der Waals surface area contributed by atoms with Crippen molar-refractivity contribution in [2.75, 3.05) is 16.6 Å². The molecule has 0 aliphatic carbocycles. The van der Waals surface area contributed by atoms with E-state index in [4.69, 9.17) is 27.9 Å².